The molecule has 3 amide bonds. The molecule has 0 saturated heterocycles. The van der Waals surface area contributed by atoms with E-state index in [0.29, 0.717) is 22.5 Å². The Morgan fingerprint density at radius 2 is 1.90 bits per heavy atom. The fourth-order valence-corrected chi connectivity index (χ4v) is 3.46. The number of methoxy groups -OCH3 is 1. The summed E-state index contributed by atoms with van der Waals surface area (Å²) in [5.74, 6) is -0.335. The number of carbonyl (C=O) groups excluding carboxylic acids is 2. The summed E-state index contributed by atoms with van der Waals surface area (Å²) in [4.78, 5) is 25.2. The van der Waals surface area contributed by atoms with Gasteiger partial charge in [0.15, 0.2) is 11.5 Å². The molecule has 0 aromatic heterocycles. The van der Waals surface area contributed by atoms with Crippen LogP contribution in [-0.4, -0.2) is 24.2 Å². The van der Waals surface area contributed by atoms with Crippen LogP contribution in [0.2, 0.25) is 5.02 Å². The van der Waals surface area contributed by atoms with Gasteiger partial charge in [0.1, 0.15) is 0 Å². The number of aryl methyl sites for hydroxylation is 2. The summed E-state index contributed by atoms with van der Waals surface area (Å²) < 4.78 is 5.15. The topological polar surface area (TPSA) is 99.7 Å². The first kappa shape index (κ1) is 20.5. The van der Waals surface area contributed by atoms with Gasteiger partial charge in [0, 0.05) is 23.0 Å². The number of benzene rings is 2. The number of allylic oxidation sites excluding steroid dienone is 1. The third-order valence-corrected chi connectivity index (χ3v) is 5.22. The van der Waals surface area contributed by atoms with Gasteiger partial charge < -0.3 is 25.8 Å². The Kier molecular flexibility index (Phi) is 5.70. The van der Waals surface area contributed by atoms with Crippen molar-refractivity contribution in [3.63, 3.8) is 0 Å². The Morgan fingerprint density at radius 1 is 1.17 bits per heavy atom. The van der Waals surface area contributed by atoms with Crippen LogP contribution in [0.15, 0.2) is 41.6 Å². The van der Waals surface area contributed by atoms with Crippen LogP contribution >= 0.6 is 11.6 Å². The minimum atomic E-state index is -0.822. The minimum Gasteiger partial charge on any atom is -0.504 e. The Bertz CT molecular complexity index is 1030. The van der Waals surface area contributed by atoms with Gasteiger partial charge in [-0.15, -0.1) is 0 Å². The van der Waals surface area contributed by atoms with Crippen LogP contribution in [-0.2, 0) is 4.79 Å². The van der Waals surface area contributed by atoms with Crippen LogP contribution in [0.1, 0.15) is 29.7 Å². The van der Waals surface area contributed by atoms with Gasteiger partial charge in [-0.25, -0.2) is 4.79 Å². The number of anilines is 1. The molecule has 1 aliphatic rings. The van der Waals surface area contributed by atoms with Crippen molar-refractivity contribution in [2.75, 3.05) is 12.4 Å². The van der Waals surface area contributed by atoms with Gasteiger partial charge in [-0.05, 0) is 50.1 Å². The predicted octanol–water partition coefficient (Wildman–Crippen LogP) is 3.94. The van der Waals surface area contributed by atoms with Crippen LogP contribution in [0.5, 0.6) is 11.5 Å². The summed E-state index contributed by atoms with van der Waals surface area (Å²) in [7, 11) is 1.40. The average Bonchev–Trinajstić information content (AvgIpc) is 2.64. The second-order valence-corrected chi connectivity index (χ2v) is 7.28. The Balaban J connectivity index is 2.02. The van der Waals surface area contributed by atoms with Crippen molar-refractivity contribution in [2.24, 2.45) is 0 Å². The number of carbonyl (C=O) groups is 2. The van der Waals surface area contributed by atoms with E-state index in [1.54, 1.807) is 6.92 Å². The monoisotopic (exact) mass is 415 g/mol. The predicted molar refractivity (Wildman–Crippen MR) is 111 cm³/mol. The smallest absolute Gasteiger partial charge is 0.319 e. The molecule has 0 saturated carbocycles. The number of phenols is 1. The van der Waals surface area contributed by atoms with Gasteiger partial charge in [-0.3, -0.25) is 4.79 Å². The summed E-state index contributed by atoms with van der Waals surface area (Å²) in [5.41, 5.74) is 3.95. The number of hydrogen-bond donors (Lipinski definition) is 4. The zero-order valence-corrected chi connectivity index (χ0v) is 17.3. The lowest BCUT2D eigenvalue weighted by Crippen LogP contribution is -2.46. The third kappa shape index (κ3) is 4.14. The van der Waals surface area contributed by atoms with Crippen molar-refractivity contribution >= 4 is 29.2 Å². The molecule has 29 heavy (non-hydrogen) atoms. The highest BCUT2D eigenvalue weighted by Gasteiger charge is 2.33. The van der Waals surface area contributed by atoms with Crippen molar-refractivity contribution < 1.29 is 19.4 Å². The van der Waals surface area contributed by atoms with Crippen LogP contribution in [0, 0.1) is 13.8 Å². The number of halogens is 1. The molecule has 1 atom stereocenters. The highest BCUT2D eigenvalue weighted by molar-refractivity contribution is 6.31. The van der Waals surface area contributed by atoms with Crippen molar-refractivity contribution in [1.29, 1.82) is 0 Å². The minimum absolute atomic E-state index is 0.136. The molecule has 0 spiro atoms. The van der Waals surface area contributed by atoms with E-state index >= 15 is 0 Å². The van der Waals surface area contributed by atoms with Crippen molar-refractivity contribution in [1.82, 2.24) is 10.6 Å². The average molecular weight is 416 g/mol. The van der Waals surface area contributed by atoms with E-state index in [0.717, 1.165) is 11.1 Å². The maximum absolute atomic E-state index is 13.1. The summed E-state index contributed by atoms with van der Waals surface area (Å²) >= 11 is 6.31. The Labute approximate surface area is 173 Å². The number of hydrogen-bond acceptors (Lipinski definition) is 4. The molecule has 0 bridgehead atoms. The molecule has 152 valence electrons. The maximum Gasteiger partial charge on any atom is 0.319 e. The van der Waals surface area contributed by atoms with Gasteiger partial charge >= 0.3 is 6.03 Å². The van der Waals surface area contributed by atoms with Crippen LogP contribution in [0.3, 0.4) is 0 Å². The summed E-state index contributed by atoms with van der Waals surface area (Å²) in [6.07, 6.45) is 0. The molecule has 1 unspecified atom stereocenters. The summed E-state index contributed by atoms with van der Waals surface area (Å²) in [6.45, 7) is 5.60. The molecule has 2 aromatic rings. The first-order valence-corrected chi connectivity index (χ1v) is 9.32. The lowest BCUT2D eigenvalue weighted by atomic mass is 9.94. The molecule has 8 heteroatoms. The van der Waals surface area contributed by atoms with Gasteiger partial charge in [0.2, 0.25) is 0 Å². The van der Waals surface area contributed by atoms with Crippen LogP contribution < -0.4 is 20.7 Å². The molecule has 1 heterocycles. The fraction of sp³-hybridized carbons (Fsp3) is 0.238. The highest BCUT2D eigenvalue weighted by atomic mass is 35.5. The van der Waals surface area contributed by atoms with E-state index in [1.165, 1.54) is 19.2 Å². The second-order valence-electron chi connectivity index (χ2n) is 6.87. The Morgan fingerprint density at radius 3 is 2.55 bits per heavy atom. The molecular weight excluding hydrogens is 394 g/mol. The van der Waals surface area contributed by atoms with E-state index in [1.807, 2.05) is 32.0 Å². The number of ether oxygens (including phenoxy) is 1. The lowest BCUT2D eigenvalue weighted by Gasteiger charge is -2.29. The standard InChI is InChI=1S/C21H22ClN3O4/c1-10-5-6-13(7-11(10)2)24-20(27)18-12(3)23-21(28)25-19(18)14-8-17(29-4)16(26)9-15(14)22/h5-9,19,26H,1-4H3,(H,24,27)(H2,23,25,28). The molecule has 0 radical (unpaired) electrons. The summed E-state index contributed by atoms with van der Waals surface area (Å²) in [5, 5.41) is 18.3. The highest BCUT2D eigenvalue weighted by Crippen LogP contribution is 2.38. The van der Waals surface area contributed by atoms with Crippen LogP contribution in [0.4, 0.5) is 10.5 Å². The number of nitrogens with one attached hydrogen (secondary N) is 3. The quantitative estimate of drug-likeness (QED) is 0.607. The van der Waals surface area contributed by atoms with Gasteiger partial charge in [0.05, 0.1) is 23.7 Å². The number of aromatic hydroxyl groups is 1. The van der Waals surface area contributed by atoms with E-state index < -0.39 is 12.1 Å². The number of rotatable bonds is 4. The van der Waals surface area contributed by atoms with E-state index in [-0.39, 0.29) is 22.4 Å². The van der Waals surface area contributed by atoms with E-state index in [2.05, 4.69) is 16.0 Å². The normalized spacial score (nSPS) is 16.2. The molecule has 0 aliphatic carbocycles. The number of amides is 3. The van der Waals surface area contributed by atoms with Crippen molar-refractivity contribution in [2.45, 2.75) is 26.8 Å². The zero-order valence-electron chi connectivity index (χ0n) is 16.5. The van der Waals surface area contributed by atoms with Crippen LogP contribution in [0.25, 0.3) is 0 Å². The fourth-order valence-electron chi connectivity index (χ4n) is 3.19. The van der Waals surface area contributed by atoms with E-state index in [4.69, 9.17) is 16.3 Å². The van der Waals surface area contributed by atoms with Gasteiger partial charge in [-0.1, -0.05) is 17.7 Å². The number of phenolic OH excluding ortho intramolecular Hbond substituents is 1. The SMILES string of the molecule is COc1cc(C2NC(=O)NC(C)=C2C(=O)Nc2ccc(C)c(C)c2)c(Cl)cc1O. The Hall–Kier alpha value is -3.19. The van der Waals surface area contributed by atoms with Crippen molar-refractivity contribution in [3.05, 3.63) is 63.3 Å². The lowest BCUT2D eigenvalue weighted by molar-refractivity contribution is -0.113. The molecular formula is C21H22ClN3O4. The maximum atomic E-state index is 13.1. The second kappa shape index (κ2) is 8.05. The molecule has 3 rings (SSSR count). The molecule has 1 aliphatic heterocycles. The molecule has 0 fully saturated rings. The molecule has 4 N–H and O–H groups in total. The van der Waals surface area contributed by atoms with Gasteiger partial charge in [-0.2, -0.15) is 0 Å². The summed E-state index contributed by atoms with van der Waals surface area (Å²) in [6, 6.07) is 7.16. The van der Waals surface area contributed by atoms with Gasteiger partial charge in [0.25, 0.3) is 5.91 Å². The third-order valence-electron chi connectivity index (χ3n) is 4.89. The zero-order chi connectivity index (χ0) is 21.3. The first-order chi connectivity index (χ1) is 13.7. The first-order valence-electron chi connectivity index (χ1n) is 8.94. The largest absolute Gasteiger partial charge is 0.504 e. The van der Waals surface area contributed by atoms with E-state index in [9.17, 15) is 14.7 Å². The molecule has 7 nitrogen and oxygen atoms in total. The van der Waals surface area contributed by atoms with Crippen molar-refractivity contribution in [3.8, 4) is 11.5 Å². The number of urea groups is 1. The molecule has 2 aromatic carbocycles.